The van der Waals surface area contributed by atoms with Crippen molar-refractivity contribution < 1.29 is 13.2 Å². The number of sulfonamides is 1. The van der Waals surface area contributed by atoms with Gasteiger partial charge in [0.15, 0.2) is 0 Å². The molecular formula is C13H15N3O3S. The number of ether oxygens (including phenoxy) is 1. The quantitative estimate of drug-likeness (QED) is 0.838. The van der Waals surface area contributed by atoms with Gasteiger partial charge in [-0.2, -0.15) is 0 Å². The lowest BCUT2D eigenvalue weighted by Gasteiger charge is -2.10. The maximum atomic E-state index is 12.3. The lowest BCUT2D eigenvalue weighted by atomic mass is 10.3. The van der Waals surface area contributed by atoms with Gasteiger partial charge in [0, 0.05) is 12.3 Å². The summed E-state index contributed by atoms with van der Waals surface area (Å²) >= 11 is 0. The van der Waals surface area contributed by atoms with Crippen LogP contribution in [0.4, 0.5) is 11.4 Å². The molecule has 0 fully saturated rings. The van der Waals surface area contributed by atoms with E-state index >= 15 is 0 Å². The van der Waals surface area contributed by atoms with Crippen molar-refractivity contribution in [1.29, 1.82) is 0 Å². The van der Waals surface area contributed by atoms with Crippen molar-refractivity contribution >= 4 is 21.4 Å². The molecule has 0 radical (unpaired) electrons. The minimum Gasteiger partial charge on any atom is -0.495 e. The molecule has 0 amide bonds. The number of pyridine rings is 1. The molecule has 1 heterocycles. The Labute approximate surface area is 117 Å². The van der Waals surface area contributed by atoms with Crippen molar-refractivity contribution in [3.05, 3.63) is 42.2 Å². The van der Waals surface area contributed by atoms with Crippen LogP contribution in [0.2, 0.25) is 0 Å². The highest BCUT2D eigenvalue weighted by Gasteiger charge is 2.16. The lowest BCUT2D eigenvalue weighted by Crippen LogP contribution is -2.13. The summed E-state index contributed by atoms with van der Waals surface area (Å²) in [6.07, 6.45) is 3.09. The summed E-state index contributed by atoms with van der Waals surface area (Å²) in [7, 11) is -2.27. The Balaban J connectivity index is 2.35. The van der Waals surface area contributed by atoms with E-state index in [1.54, 1.807) is 12.3 Å². The first-order chi connectivity index (χ1) is 9.42. The molecule has 7 heteroatoms. The van der Waals surface area contributed by atoms with Crippen LogP contribution in [0.5, 0.6) is 5.75 Å². The summed E-state index contributed by atoms with van der Waals surface area (Å²) < 4.78 is 32.0. The van der Waals surface area contributed by atoms with E-state index in [4.69, 9.17) is 10.5 Å². The van der Waals surface area contributed by atoms with Gasteiger partial charge >= 0.3 is 0 Å². The van der Waals surface area contributed by atoms with Gasteiger partial charge in [-0.25, -0.2) is 8.42 Å². The molecule has 0 unspecified atom stereocenters. The maximum Gasteiger partial charge on any atom is 0.262 e. The van der Waals surface area contributed by atoms with Crippen LogP contribution < -0.4 is 15.2 Å². The van der Waals surface area contributed by atoms with E-state index in [1.165, 1.54) is 31.5 Å². The normalized spacial score (nSPS) is 11.1. The predicted molar refractivity (Wildman–Crippen MR) is 77.2 cm³/mol. The smallest absolute Gasteiger partial charge is 0.262 e. The third-order valence-corrected chi connectivity index (χ3v) is 4.02. The number of nitrogens with zero attached hydrogens (tertiary/aromatic N) is 1. The summed E-state index contributed by atoms with van der Waals surface area (Å²) in [5.74, 6) is 0.315. The molecule has 0 atom stereocenters. The van der Waals surface area contributed by atoms with E-state index in [9.17, 15) is 8.42 Å². The highest BCUT2D eigenvalue weighted by atomic mass is 32.2. The van der Waals surface area contributed by atoms with Gasteiger partial charge in [-0.1, -0.05) is 0 Å². The molecule has 0 saturated heterocycles. The number of nitrogens with two attached hydrogens (primary N) is 1. The van der Waals surface area contributed by atoms with Gasteiger partial charge < -0.3 is 10.5 Å². The van der Waals surface area contributed by atoms with E-state index in [1.807, 2.05) is 6.92 Å². The average molecular weight is 293 g/mol. The zero-order chi connectivity index (χ0) is 14.8. The summed E-state index contributed by atoms with van der Waals surface area (Å²) in [5, 5.41) is 0. The van der Waals surface area contributed by atoms with Gasteiger partial charge in [0.2, 0.25) is 0 Å². The molecular weight excluding hydrogens is 278 g/mol. The molecule has 0 bridgehead atoms. The summed E-state index contributed by atoms with van der Waals surface area (Å²) in [6, 6.07) is 5.98. The number of hydrogen-bond acceptors (Lipinski definition) is 5. The molecule has 0 aliphatic heterocycles. The Morgan fingerprint density at radius 2 is 2.00 bits per heavy atom. The van der Waals surface area contributed by atoms with E-state index in [0.717, 1.165) is 5.56 Å². The molecule has 0 aliphatic rings. The van der Waals surface area contributed by atoms with Crippen molar-refractivity contribution in [3.8, 4) is 5.75 Å². The molecule has 20 heavy (non-hydrogen) atoms. The molecule has 106 valence electrons. The number of aromatic nitrogens is 1. The molecule has 6 nitrogen and oxygen atoms in total. The number of methoxy groups -OCH3 is 1. The van der Waals surface area contributed by atoms with Crippen molar-refractivity contribution in [3.63, 3.8) is 0 Å². The largest absolute Gasteiger partial charge is 0.495 e. The monoisotopic (exact) mass is 293 g/mol. The van der Waals surface area contributed by atoms with Crippen LogP contribution in [0.3, 0.4) is 0 Å². The molecule has 2 rings (SSSR count). The number of aryl methyl sites for hydroxylation is 1. The van der Waals surface area contributed by atoms with Crippen molar-refractivity contribution in [1.82, 2.24) is 4.98 Å². The van der Waals surface area contributed by atoms with Gasteiger partial charge in [0.05, 0.1) is 29.6 Å². The Morgan fingerprint density at radius 1 is 1.25 bits per heavy atom. The number of nitrogen functional groups attached to an aromatic ring is 1. The number of anilines is 2. The average Bonchev–Trinajstić information content (AvgIpc) is 2.38. The topological polar surface area (TPSA) is 94.3 Å². The lowest BCUT2D eigenvalue weighted by molar-refractivity contribution is 0.415. The fraction of sp³-hybridized carbons (Fsp3) is 0.154. The molecule has 0 spiro atoms. The minimum absolute atomic E-state index is 0.0741. The third-order valence-electron chi connectivity index (χ3n) is 2.64. The first-order valence-corrected chi connectivity index (χ1v) is 7.28. The van der Waals surface area contributed by atoms with Crippen LogP contribution >= 0.6 is 0 Å². The second-order valence-corrected chi connectivity index (χ2v) is 5.94. The minimum atomic E-state index is -3.70. The van der Waals surface area contributed by atoms with Gasteiger partial charge in [0.1, 0.15) is 5.75 Å². The summed E-state index contributed by atoms with van der Waals surface area (Å²) in [4.78, 5) is 4.01. The van der Waals surface area contributed by atoms with Crippen LogP contribution in [-0.4, -0.2) is 20.5 Å². The van der Waals surface area contributed by atoms with Crippen LogP contribution in [-0.2, 0) is 10.0 Å². The summed E-state index contributed by atoms with van der Waals surface area (Å²) in [6.45, 7) is 1.83. The number of benzene rings is 1. The van der Waals surface area contributed by atoms with Gasteiger partial charge in [-0.15, -0.1) is 0 Å². The number of rotatable bonds is 4. The van der Waals surface area contributed by atoms with Gasteiger partial charge in [-0.3, -0.25) is 9.71 Å². The maximum absolute atomic E-state index is 12.3. The molecule has 1 aromatic heterocycles. The predicted octanol–water partition coefficient (Wildman–Crippen LogP) is 1.78. The Kier molecular flexibility index (Phi) is 3.80. The number of nitrogens with one attached hydrogen (secondary N) is 1. The third kappa shape index (κ3) is 3.00. The fourth-order valence-corrected chi connectivity index (χ4v) is 2.73. The highest BCUT2D eigenvalue weighted by molar-refractivity contribution is 7.92. The molecule has 0 aliphatic carbocycles. The zero-order valence-electron chi connectivity index (χ0n) is 11.1. The van der Waals surface area contributed by atoms with E-state index in [-0.39, 0.29) is 4.90 Å². The van der Waals surface area contributed by atoms with Crippen molar-refractivity contribution in [2.24, 2.45) is 0 Å². The van der Waals surface area contributed by atoms with E-state index < -0.39 is 10.0 Å². The Morgan fingerprint density at radius 3 is 2.65 bits per heavy atom. The van der Waals surface area contributed by atoms with Gasteiger partial charge in [0.25, 0.3) is 10.0 Å². The second kappa shape index (κ2) is 5.38. The van der Waals surface area contributed by atoms with Gasteiger partial charge in [-0.05, 0) is 30.7 Å². The Hall–Kier alpha value is -2.28. The van der Waals surface area contributed by atoms with Crippen molar-refractivity contribution in [2.45, 2.75) is 11.8 Å². The molecule has 3 N–H and O–H groups in total. The standard InChI is InChI=1S/C13H15N3O3S/c1-9-5-10(8-15-7-9)16-20(17,18)11-3-4-12(14)13(6-11)19-2/h3-8,16H,14H2,1-2H3. The second-order valence-electron chi connectivity index (χ2n) is 4.26. The highest BCUT2D eigenvalue weighted by Crippen LogP contribution is 2.26. The SMILES string of the molecule is COc1cc(S(=O)(=O)Nc2cncc(C)c2)ccc1N. The van der Waals surface area contributed by atoms with Crippen LogP contribution in [0.1, 0.15) is 5.56 Å². The van der Waals surface area contributed by atoms with Crippen LogP contribution in [0, 0.1) is 6.92 Å². The molecule has 1 aromatic carbocycles. The van der Waals surface area contributed by atoms with E-state index in [0.29, 0.717) is 17.1 Å². The zero-order valence-corrected chi connectivity index (χ0v) is 11.9. The number of hydrogen-bond donors (Lipinski definition) is 2. The summed E-state index contributed by atoms with van der Waals surface area (Å²) in [5.41, 5.74) is 7.31. The van der Waals surface area contributed by atoms with E-state index in [2.05, 4.69) is 9.71 Å². The first kappa shape index (κ1) is 14.1. The molecule has 2 aromatic rings. The van der Waals surface area contributed by atoms with Crippen LogP contribution in [0.15, 0.2) is 41.6 Å². The fourth-order valence-electron chi connectivity index (χ4n) is 1.68. The first-order valence-electron chi connectivity index (χ1n) is 5.80. The Bertz CT molecular complexity index is 729. The van der Waals surface area contributed by atoms with Crippen molar-refractivity contribution in [2.75, 3.05) is 17.6 Å². The van der Waals surface area contributed by atoms with Crippen LogP contribution in [0.25, 0.3) is 0 Å². The molecule has 0 saturated carbocycles.